The molecule has 2 N–H and O–H groups in total. The molecule has 0 bridgehead atoms. The Kier molecular flexibility index (Phi) is 6.09. The van der Waals surface area contributed by atoms with E-state index in [2.05, 4.69) is 25.5 Å². The van der Waals surface area contributed by atoms with Crippen molar-refractivity contribution in [2.45, 2.75) is 45.6 Å². The van der Waals surface area contributed by atoms with Crippen LogP contribution in [0.3, 0.4) is 0 Å². The fourth-order valence-corrected chi connectivity index (χ4v) is 4.07. The molecule has 0 unspecified atom stereocenters. The minimum Gasteiger partial charge on any atom is -0.384 e. The van der Waals surface area contributed by atoms with Crippen molar-refractivity contribution < 1.29 is 9.53 Å². The molecule has 0 atom stereocenters. The van der Waals surface area contributed by atoms with E-state index in [4.69, 9.17) is 4.74 Å². The Morgan fingerprint density at radius 3 is 2.62 bits per heavy atom. The minimum absolute atomic E-state index is 0.160. The highest BCUT2D eigenvalue weighted by atomic mass is 16.5. The van der Waals surface area contributed by atoms with E-state index in [1.807, 2.05) is 19.9 Å². The highest BCUT2D eigenvalue weighted by Crippen LogP contribution is 2.30. The topological polar surface area (TPSA) is 79.4 Å². The van der Waals surface area contributed by atoms with E-state index in [0.717, 1.165) is 69.2 Å². The number of methoxy groups -OCH3 is 1. The predicted molar refractivity (Wildman–Crippen MR) is 101 cm³/mol. The molecule has 1 aromatic rings. The lowest BCUT2D eigenvalue weighted by Crippen LogP contribution is -2.54. The largest absolute Gasteiger partial charge is 0.384 e. The maximum Gasteiger partial charge on any atom is 0.228 e. The third kappa shape index (κ3) is 4.32. The lowest BCUT2D eigenvalue weighted by molar-refractivity contribution is -0.137. The van der Waals surface area contributed by atoms with Gasteiger partial charge in [0.05, 0.1) is 12.0 Å². The highest BCUT2D eigenvalue weighted by molar-refractivity contribution is 5.83. The van der Waals surface area contributed by atoms with Gasteiger partial charge in [0.15, 0.2) is 0 Å². The average molecular weight is 361 g/mol. The number of carbonyl (C=O) groups excluding carboxylic acids is 1. The molecule has 1 amide bonds. The molecule has 2 aliphatic rings. The van der Waals surface area contributed by atoms with E-state index in [0.29, 0.717) is 6.61 Å². The van der Waals surface area contributed by atoms with Crippen molar-refractivity contribution in [2.75, 3.05) is 44.8 Å². The van der Waals surface area contributed by atoms with Gasteiger partial charge in [-0.25, -0.2) is 9.97 Å². The number of piperidine rings is 2. The molecule has 0 aliphatic carbocycles. The summed E-state index contributed by atoms with van der Waals surface area (Å²) in [5.74, 6) is 1.96. The van der Waals surface area contributed by atoms with Gasteiger partial charge in [-0.2, -0.15) is 0 Å². The first kappa shape index (κ1) is 19.0. The standard InChI is InChI=1S/C19H31N5O2/c1-14-12-17(22-15(2)21-14)24-10-4-16(5-11-24)23-18(25)19(13-26-3)6-8-20-9-7-19/h12,16,20H,4-11,13H2,1-3H3,(H,23,25). The number of nitrogens with one attached hydrogen (secondary N) is 2. The predicted octanol–water partition coefficient (Wildman–Crippen LogP) is 1.19. The van der Waals surface area contributed by atoms with E-state index >= 15 is 0 Å². The quantitative estimate of drug-likeness (QED) is 0.820. The van der Waals surface area contributed by atoms with Gasteiger partial charge in [-0.3, -0.25) is 4.79 Å². The molecule has 26 heavy (non-hydrogen) atoms. The summed E-state index contributed by atoms with van der Waals surface area (Å²) in [6, 6.07) is 2.26. The van der Waals surface area contributed by atoms with Crippen LogP contribution in [-0.2, 0) is 9.53 Å². The van der Waals surface area contributed by atoms with Crippen molar-refractivity contribution in [1.29, 1.82) is 0 Å². The van der Waals surface area contributed by atoms with Gasteiger partial charge in [-0.15, -0.1) is 0 Å². The molecule has 0 spiro atoms. The highest BCUT2D eigenvalue weighted by Gasteiger charge is 2.40. The van der Waals surface area contributed by atoms with E-state index in [-0.39, 0.29) is 17.4 Å². The molecule has 3 heterocycles. The van der Waals surface area contributed by atoms with Crippen molar-refractivity contribution in [3.05, 3.63) is 17.6 Å². The van der Waals surface area contributed by atoms with Gasteiger partial charge < -0.3 is 20.3 Å². The van der Waals surface area contributed by atoms with Gasteiger partial charge in [-0.1, -0.05) is 0 Å². The lowest BCUT2D eigenvalue weighted by atomic mass is 9.78. The Hall–Kier alpha value is -1.73. The third-order valence-corrected chi connectivity index (χ3v) is 5.57. The van der Waals surface area contributed by atoms with Crippen LogP contribution in [0.5, 0.6) is 0 Å². The van der Waals surface area contributed by atoms with Crippen LogP contribution in [0.15, 0.2) is 6.07 Å². The second-order valence-electron chi connectivity index (χ2n) is 7.61. The first-order valence-corrected chi connectivity index (χ1v) is 9.60. The van der Waals surface area contributed by atoms with Crippen LogP contribution < -0.4 is 15.5 Å². The summed E-state index contributed by atoms with van der Waals surface area (Å²) in [6.07, 6.45) is 3.56. The third-order valence-electron chi connectivity index (χ3n) is 5.57. The average Bonchev–Trinajstić information content (AvgIpc) is 2.62. The van der Waals surface area contributed by atoms with Gasteiger partial charge in [-0.05, 0) is 52.6 Å². The van der Waals surface area contributed by atoms with Crippen molar-refractivity contribution in [2.24, 2.45) is 5.41 Å². The number of ether oxygens (including phenoxy) is 1. The van der Waals surface area contributed by atoms with Gasteiger partial charge in [0.1, 0.15) is 11.6 Å². The number of carbonyl (C=O) groups is 1. The molecule has 7 heteroatoms. The van der Waals surface area contributed by atoms with Crippen LogP contribution in [0.4, 0.5) is 5.82 Å². The van der Waals surface area contributed by atoms with Crippen molar-refractivity contribution in [1.82, 2.24) is 20.6 Å². The Bertz CT molecular complexity index is 597. The number of amides is 1. The van der Waals surface area contributed by atoms with Gasteiger partial charge in [0.2, 0.25) is 5.91 Å². The molecule has 2 saturated heterocycles. The van der Waals surface area contributed by atoms with Gasteiger partial charge in [0.25, 0.3) is 0 Å². The number of rotatable bonds is 5. The number of anilines is 1. The van der Waals surface area contributed by atoms with Crippen LogP contribution >= 0.6 is 0 Å². The summed E-state index contributed by atoms with van der Waals surface area (Å²) in [4.78, 5) is 24.2. The number of nitrogens with zero attached hydrogens (tertiary/aromatic N) is 3. The fraction of sp³-hybridized carbons (Fsp3) is 0.737. The summed E-state index contributed by atoms with van der Waals surface area (Å²) < 4.78 is 5.38. The van der Waals surface area contributed by atoms with E-state index in [1.54, 1.807) is 7.11 Å². The van der Waals surface area contributed by atoms with E-state index < -0.39 is 0 Å². The van der Waals surface area contributed by atoms with E-state index in [1.165, 1.54) is 0 Å². The van der Waals surface area contributed by atoms with Crippen LogP contribution in [0, 0.1) is 19.3 Å². The Morgan fingerprint density at radius 1 is 1.31 bits per heavy atom. The molecule has 7 nitrogen and oxygen atoms in total. The summed E-state index contributed by atoms with van der Waals surface area (Å²) in [5, 5.41) is 6.64. The number of hydrogen-bond donors (Lipinski definition) is 2. The fourth-order valence-electron chi connectivity index (χ4n) is 4.07. The monoisotopic (exact) mass is 361 g/mol. The van der Waals surface area contributed by atoms with Crippen LogP contribution in [0.1, 0.15) is 37.2 Å². The second kappa shape index (κ2) is 8.31. The molecule has 144 valence electrons. The molecule has 2 fully saturated rings. The summed E-state index contributed by atoms with van der Waals surface area (Å²) in [5.41, 5.74) is 0.619. The molecular weight excluding hydrogens is 330 g/mol. The minimum atomic E-state index is -0.377. The zero-order valence-electron chi connectivity index (χ0n) is 16.2. The molecular formula is C19H31N5O2. The zero-order chi connectivity index (χ0) is 18.6. The molecule has 1 aromatic heterocycles. The van der Waals surface area contributed by atoms with E-state index in [9.17, 15) is 4.79 Å². The van der Waals surface area contributed by atoms with Crippen molar-refractivity contribution in [3.63, 3.8) is 0 Å². The molecule has 3 rings (SSSR count). The molecule has 2 aliphatic heterocycles. The van der Waals surface area contributed by atoms with Gasteiger partial charge >= 0.3 is 0 Å². The summed E-state index contributed by atoms with van der Waals surface area (Å²) in [7, 11) is 1.68. The number of aromatic nitrogens is 2. The maximum atomic E-state index is 13.0. The zero-order valence-corrected chi connectivity index (χ0v) is 16.2. The summed E-state index contributed by atoms with van der Waals surface area (Å²) in [6.45, 7) is 7.98. The first-order chi connectivity index (χ1) is 12.5. The lowest BCUT2D eigenvalue weighted by Gasteiger charge is -2.39. The second-order valence-corrected chi connectivity index (χ2v) is 7.61. The molecule has 0 saturated carbocycles. The number of hydrogen-bond acceptors (Lipinski definition) is 6. The van der Waals surface area contributed by atoms with Crippen molar-refractivity contribution in [3.8, 4) is 0 Å². The van der Waals surface area contributed by atoms with Crippen LogP contribution in [0.25, 0.3) is 0 Å². The first-order valence-electron chi connectivity index (χ1n) is 9.60. The SMILES string of the molecule is COCC1(C(=O)NC2CCN(c3cc(C)nc(C)n3)CC2)CCNCC1. The van der Waals surface area contributed by atoms with Crippen LogP contribution in [-0.4, -0.2) is 61.8 Å². The molecule has 0 radical (unpaired) electrons. The van der Waals surface area contributed by atoms with Gasteiger partial charge in [0, 0.05) is 38.0 Å². The Labute approximate surface area is 155 Å². The maximum absolute atomic E-state index is 13.0. The molecule has 0 aromatic carbocycles. The van der Waals surface area contributed by atoms with Crippen LogP contribution in [0.2, 0.25) is 0 Å². The Morgan fingerprint density at radius 2 is 2.00 bits per heavy atom. The Balaban J connectivity index is 1.57. The van der Waals surface area contributed by atoms with Crippen molar-refractivity contribution >= 4 is 11.7 Å². The summed E-state index contributed by atoms with van der Waals surface area (Å²) >= 11 is 0. The normalized spacial score (nSPS) is 20.8. The number of aryl methyl sites for hydroxylation is 2. The smallest absolute Gasteiger partial charge is 0.228 e.